The first kappa shape index (κ1) is 13.1. The van der Waals surface area contributed by atoms with Gasteiger partial charge in [0.25, 0.3) is 0 Å². The molecule has 0 aliphatic rings. The molecule has 5 nitrogen and oxygen atoms in total. The third-order valence-electron chi connectivity index (χ3n) is 3.15. The summed E-state index contributed by atoms with van der Waals surface area (Å²) in [6.07, 6.45) is 3.17. The zero-order chi connectivity index (χ0) is 13.9. The Labute approximate surface area is 121 Å². The van der Waals surface area contributed by atoms with E-state index < -0.39 is 0 Å². The molecule has 6 heteroatoms. The van der Waals surface area contributed by atoms with Crippen molar-refractivity contribution in [2.24, 2.45) is 0 Å². The van der Waals surface area contributed by atoms with Gasteiger partial charge in [0.1, 0.15) is 10.8 Å². The summed E-state index contributed by atoms with van der Waals surface area (Å²) in [6, 6.07) is 7.90. The SMILES string of the molecule is CCCCc1nnc2sc(-c3ccc(OC)cc3)nn12. The highest BCUT2D eigenvalue weighted by molar-refractivity contribution is 7.19. The molecule has 0 saturated carbocycles. The van der Waals surface area contributed by atoms with Crippen molar-refractivity contribution >= 4 is 16.3 Å². The van der Waals surface area contributed by atoms with Crippen LogP contribution in [-0.2, 0) is 6.42 Å². The van der Waals surface area contributed by atoms with Crippen LogP contribution in [0.15, 0.2) is 24.3 Å². The van der Waals surface area contributed by atoms with Gasteiger partial charge in [0, 0.05) is 12.0 Å². The number of rotatable bonds is 5. The molecule has 0 fully saturated rings. The highest BCUT2D eigenvalue weighted by atomic mass is 32.1. The van der Waals surface area contributed by atoms with E-state index in [9.17, 15) is 0 Å². The summed E-state index contributed by atoms with van der Waals surface area (Å²) < 4.78 is 7.03. The van der Waals surface area contributed by atoms with Crippen LogP contribution in [0.25, 0.3) is 15.5 Å². The summed E-state index contributed by atoms with van der Waals surface area (Å²) in [7, 11) is 1.66. The van der Waals surface area contributed by atoms with Gasteiger partial charge >= 0.3 is 0 Å². The van der Waals surface area contributed by atoms with Gasteiger partial charge in [0.15, 0.2) is 5.82 Å². The Morgan fingerprint density at radius 2 is 2.00 bits per heavy atom. The van der Waals surface area contributed by atoms with Crippen molar-refractivity contribution in [3.63, 3.8) is 0 Å². The van der Waals surface area contributed by atoms with E-state index in [-0.39, 0.29) is 0 Å². The maximum absolute atomic E-state index is 5.17. The summed E-state index contributed by atoms with van der Waals surface area (Å²) >= 11 is 1.56. The topological polar surface area (TPSA) is 52.3 Å². The maximum atomic E-state index is 5.17. The molecule has 0 atom stereocenters. The molecule has 1 aromatic carbocycles. The fraction of sp³-hybridized carbons (Fsp3) is 0.357. The molecule has 2 aromatic heterocycles. The van der Waals surface area contributed by atoms with Crippen molar-refractivity contribution in [3.8, 4) is 16.3 Å². The molecule has 0 bridgehead atoms. The predicted molar refractivity (Wildman–Crippen MR) is 79.3 cm³/mol. The van der Waals surface area contributed by atoms with Crippen LogP contribution in [-0.4, -0.2) is 26.9 Å². The first-order chi connectivity index (χ1) is 9.81. The van der Waals surface area contributed by atoms with E-state index in [1.807, 2.05) is 28.8 Å². The number of aromatic nitrogens is 4. The number of methoxy groups -OCH3 is 1. The summed E-state index contributed by atoms with van der Waals surface area (Å²) in [5, 5.41) is 14.0. The number of unbranched alkanes of at least 4 members (excludes halogenated alkanes) is 1. The van der Waals surface area contributed by atoms with Gasteiger partial charge in [0.05, 0.1) is 7.11 Å². The van der Waals surface area contributed by atoms with Crippen LogP contribution in [0.5, 0.6) is 5.75 Å². The molecule has 3 aromatic rings. The Morgan fingerprint density at radius 3 is 2.70 bits per heavy atom. The van der Waals surface area contributed by atoms with Crippen molar-refractivity contribution in [1.82, 2.24) is 19.8 Å². The van der Waals surface area contributed by atoms with Crippen molar-refractivity contribution in [1.29, 1.82) is 0 Å². The lowest BCUT2D eigenvalue weighted by Gasteiger charge is -1.99. The maximum Gasteiger partial charge on any atom is 0.234 e. The second-order valence-electron chi connectivity index (χ2n) is 4.55. The van der Waals surface area contributed by atoms with Gasteiger partial charge in [-0.1, -0.05) is 24.7 Å². The normalized spacial score (nSPS) is 11.1. The molecule has 0 unspecified atom stereocenters. The number of benzene rings is 1. The number of aryl methyl sites for hydroxylation is 1. The lowest BCUT2D eigenvalue weighted by Crippen LogP contribution is -1.96. The number of ether oxygens (including phenoxy) is 1. The van der Waals surface area contributed by atoms with E-state index >= 15 is 0 Å². The average molecular weight is 288 g/mol. The average Bonchev–Trinajstić information content (AvgIpc) is 3.06. The van der Waals surface area contributed by atoms with Crippen LogP contribution < -0.4 is 4.74 Å². The number of hydrogen-bond acceptors (Lipinski definition) is 5. The van der Waals surface area contributed by atoms with E-state index in [0.29, 0.717) is 0 Å². The van der Waals surface area contributed by atoms with Gasteiger partial charge < -0.3 is 4.74 Å². The van der Waals surface area contributed by atoms with E-state index in [4.69, 9.17) is 4.74 Å². The fourth-order valence-corrected chi connectivity index (χ4v) is 2.86. The van der Waals surface area contributed by atoms with Crippen molar-refractivity contribution < 1.29 is 4.74 Å². The van der Waals surface area contributed by atoms with E-state index in [0.717, 1.165) is 46.4 Å². The summed E-state index contributed by atoms with van der Waals surface area (Å²) in [6.45, 7) is 2.17. The van der Waals surface area contributed by atoms with Crippen LogP contribution >= 0.6 is 11.3 Å². The van der Waals surface area contributed by atoms with E-state index in [1.54, 1.807) is 18.4 Å². The zero-order valence-corrected chi connectivity index (χ0v) is 12.4. The van der Waals surface area contributed by atoms with Crippen LogP contribution in [0.2, 0.25) is 0 Å². The first-order valence-electron chi connectivity index (χ1n) is 6.67. The minimum absolute atomic E-state index is 0.848. The molecular weight excluding hydrogens is 272 g/mol. The van der Waals surface area contributed by atoms with Crippen molar-refractivity contribution in [3.05, 3.63) is 30.1 Å². The van der Waals surface area contributed by atoms with Crippen molar-refractivity contribution in [2.45, 2.75) is 26.2 Å². The van der Waals surface area contributed by atoms with Crippen LogP contribution in [0.3, 0.4) is 0 Å². The molecule has 2 heterocycles. The van der Waals surface area contributed by atoms with Gasteiger partial charge in [-0.2, -0.15) is 9.61 Å². The largest absolute Gasteiger partial charge is 0.497 e. The Kier molecular flexibility index (Phi) is 3.64. The molecule has 104 valence electrons. The first-order valence-corrected chi connectivity index (χ1v) is 7.49. The van der Waals surface area contributed by atoms with Gasteiger partial charge in [0.2, 0.25) is 4.96 Å². The number of hydrogen-bond donors (Lipinski definition) is 0. The van der Waals surface area contributed by atoms with Crippen LogP contribution in [0.4, 0.5) is 0 Å². The Hall–Kier alpha value is -1.95. The molecule has 0 spiro atoms. The Morgan fingerprint density at radius 1 is 1.20 bits per heavy atom. The van der Waals surface area contributed by atoms with Gasteiger partial charge in [-0.25, -0.2) is 0 Å². The second-order valence-corrected chi connectivity index (χ2v) is 5.51. The third-order valence-corrected chi connectivity index (χ3v) is 4.09. The molecule has 0 saturated heterocycles. The number of fused-ring (bicyclic) bond motifs is 1. The second kappa shape index (κ2) is 5.58. The van der Waals surface area contributed by atoms with Crippen molar-refractivity contribution in [2.75, 3.05) is 7.11 Å². The molecule has 0 amide bonds. The smallest absolute Gasteiger partial charge is 0.234 e. The molecule has 0 radical (unpaired) electrons. The molecule has 0 aliphatic carbocycles. The Balaban J connectivity index is 1.93. The summed E-state index contributed by atoms with van der Waals surface area (Å²) in [5.41, 5.74) is 1.07. The molecule has 3 rings (SSSR count). The standard InChI is InChI=1S/C14H16N4OS/c1-3-4-5-12-15-16-14-18(12)17-13(20-14)10-6-8-11(19-2)9-7-10/h6-9H,3-5H2,1-2H3. The lowest BCUT2D eigenvalue weighted by atomic mass is 10.2. The molecule has 20 heavy (non-hydrogen) atoms. The van der Waals surface area contributed by atoms with Crippen LogP contribution in [0.1, 0.15) is 25.6 Å². The molecular formula is C14H16N4OS. The van der Waals surface area contributed by atoms with E-state index in [1.165, 1.54) is 0 Å². The van der Waals surface area contributed by atoms with Crippen LogP contribution in [0, 0.1) is 0 Å². The number of nitrogens with zero attached hydrogens (tertiary/aromatic N) is 4. The monoisotopic (exact) mass is 288 g/mol. The molecule has 0 N–H and O–H groups in total. The minimum atomic E-state index is 0.848. The third kappa shape index (κ3) is 2.38. The highest BCUT2D eigenvalue weighted by Crippen LogP contribution is 2.27. The minimum Gasteiger partial charge on any atom is -0.497 e. The quantitative estimate of drug-likeness (QED) is 0.723. The molecule has 0 aliphatic heterocycles. The summed E-state index contributed by atoms with van der Waals surface area (Å²) in [4.78, 5) is 0.849. The lowest BCUT2D eigenvalue weighted by molar-refractivity contribution is 0.415. The van der Waals surface area contributed by atoms with Gasteiger partial charge in [-0.15, -0.1) is 10.2 Å². The summed E-state index contributed by atoms with van der Waals surface area (Å²) in [5.74, 6) is 1.79. The predicted octanol–water partition coefficient (Wildman–Crippen LogP) is 3.20. The van der Waals surface area contributed by atoms with Gasteiger partial charge in [-0.05, 0) is 30.7 Å². The Bertz CT molecular complexity index is 702. The van der Waals surface area contributed by atoms with E-state index in [2.05, 4.69) is 22.2 Å². The van der Waals surface area contributed by atoms with Gasteiger partial charge in [-0.3, -0.25) is 0 Å². The highest BCUT2D eigenvalue weighted by Gasteiger charge is 2.12. The zero-order valence-electron chi connectivity index (χ0n) is 11.5. The fourth-order valence-electron chi connectivity index (χ4n) is 2.00.